The number of nitrogens with zero attached hydrogens (tertiary/aromatic N) is 3. The fourth-order valence-corrected chi connectivity index (χ4v) is 3.40. The number of rotatable bonds is 5. The fraction of sp³-hybridized carbons (Fsp3) is 0.684. The van der Waals surface area contributed by atoms with E-state index >= 15 is 0 Å². The highest BCUT2D eigenvalue weighted by atomic mass is 16.3. The smallest absolute Gasteiger partial charge is 0.272 e. The SMILES string of the molecule is CC.CCCC1CN(Cc2cccc(C(=O)N3CCC(O)C3)n2)C1. The van der Waals surface area contributed by atoms with Crippen molar-refractivity contribution in [1.29, 1.82) is 0 Å². The summed E-state index contributed by atoms with van der Waals surface area (Å²) < 4.78 is 0. The first-order chi connectivity index (χ1) is 11.7. The highest BCUT2D eigenvalue weighted by molar-refractivity contribution is 5.92. The summed E-state index contributed by atoms with van der Waals surface area (Å²) in [6.45, 7) is 10.4. The first-order valence-electron chi connectivity index (χ1n) is 9.31. The molecule has 0 aliphatic carbocycles. The van der Waals surface area contributed by atoms with Gasteiger partial charge in [-0.1, -0.05) is 33.3 Å². The van der Waals surface area contributed by atoms with E-state index in [1.54, 1.807) is 11.0 Å². The molecule has 0 saturated carbocycles. The van der Waals surface area contributed by atoms with Crippen molar-refractivity contribution in [2.24, 2.45) is 5.92 Å². The molecule has 1 aromatic rings. The highest BCUT2D eigenvalue weighted by Crippen LogP contribution is 2.22. The van der Waals surface area contributed by atoms with Crippen LogP contribution in [-0.2, 0) is 6.54 Å². The summed E-state index contributed by atoms with van der Waals surface area (Å²) in [4.78, 5) is 21.0. The van der Waals surface area contributed by atoms with Gasteiger partial charge in [0.05, 0.1) is 11.8 Å². The van der Waals surface area contributed by atoms with Gasteiger partial charge in [-0.15, -0.1) is 0 Å². The van der Waals surface area contributed by atoms with E-state index in [1.807, 2.05) is 26.0 Å². The van der Waals surface area contributed by atoms with Crippen molar-refractivity contribution in [1.82, 2.24) is 14.8 Å². The zero-order valence-corrected chi connectivity index (χ0v) is 15.2. The van der Waals surface area contributed by atoms with Crippen LogP contribution < -0.4 is 0 Å². The summed E-state index contributed by atoms with van der Waals surface area (Å²) in [6.07, 6.45) is 2.84. The highest BCUT2D eigenvalue weighted by Gasteiger charge is 2.28. The predicted octanol–water partition coefficient (Wildman–Crippen LogP) is 2.55. The number of carbonyl (C=O) groups excluding carboxylic acids is 1. The van der Waals surface area contributed by atoms with Crippen LogP contribution in [0, 0.1) is 5.92 Å². The molecule has 2 aliphatic rings. The molecular formula is C19H31N3O2. The van der Waals surface area contributed by atoms with Gasteiger partial charge in [0, 0.05) is 32.7 Å². The molecule has 134 valence electrons. The number of carbonyl (C=O) groups is 1. The lowest BCUT2D eigenvalue weighted by Gasteiger charge is -2.39. The average Bonchev–Trinajstić information content (AvgIpc) is 3.01. The number of hydrogen-bond donors (Lipinski definition) is 1. The van der Waals surface area contributed by atoms with E-state index in [4.69, 9.17) is 0 Å². The van der Waals surface area contributed by atoms with Crippen LogP contribution in [0.25, 0.3) is 0 Å². The molecule has 2 fully saturated rings. The van der Waals surface area contributed by atoms with Gasteiger partial charge in [-0.2, -0.15) is 0 Å². The lowest BCUT2D eigenvalue weighted by Crippen LogP contribution is -2.45. The molecule has 1 atom stereocenters. The summed E-state index contributed by atoms with van der Waals surface area (Å²) in [5.41, 5.74) is 1.46. The van der Waals surface area contributed by atoms with Crippen molar-refractivity contribution >= 4 is 5.91 Å². The van der Waals surface area contributed by atoms with Crippen molar-refractivity contribution in [2.75, 3.05) is 26.2 Å². The molecule has 0 bridgehead atoms. The van der Waals surface area contributed by atoms with Gasteiger partial charge in [0.15, 0.2) is 0 Å². The Morgan fingerprint density at radius 2 is 2.04 bits per heavy atom. The second kappa shape index (κ2) is 9.14. The third-order valence-corrected chi connectivity index (χ3v) is 4.59. The fourth-order valence-electron chi connectivity index (χ4n) is 3.40. The van der Waals surface area contributed by atoms with Crippen LogP contribution in [0.3, 0.4) is 0 Å². The molecule has 1 N–H and O–H groups in total. The molecule has 1 amide bonds. The molecule has 3 heterocycles. The van der Waals surface area contributed by atoms with Crippen molar-refractivity contribution in [3.63, 3.8) is 0 Å². The molecular weight excluding hydrogens is 302 g/mol. The normalized spacial score (nSPS) is 21.2. The van der Waals surface area contributed by atoms with Crippen molar-refractivity contribution in [3.8, 4) is 0 Å². The maximum atomic E-state index is 12.4. The molecule has 5 heteroatoms. The van der Waals surface area contributed by atoms with E-state index < -0.39 is 0 Å². The number of aliphatic hydroxyl groups excluding tert-OH is 1. The van der Waals surface area contributed by atoms with E-state index in [2.05, 4.69) is 16.8 Å². The Hall–Kier alpha value is -1.46. The molecule has 0 aromatic carbocycles. The minimum absolute atomic E-state index is 0.0640. The Kier molecular flexibility index (Phi) is 7.18. The van der Waals surface area contributed by atoms with Crippen LogP contribution in [0.4, 0.5) is 0 Å². The number of amides is 1. The summed E-state index contributed by atoms with van der Waals surface area (Å²) in [5.74, 6) is 0.770. The second-order valence-electron chi connectivity index (χ2n) is 6.56. The molecule has 1 unspecified atom stereocenters. The zero-order chi connectivity index (χ0) is 17.5. The minimum atomic E-state index is -0.385. The number of β-amino-alcohol motifs (C(OH)–C–C–N with tert-alkyl or cyclic N) is 1. The van der Waals surface area contributed by atoms with Crippen LogP contribution in [0.1, 0.15) is 56.2 Å². The van der Waals surface area contributed by atoms with Gasteiger partial charge in [0.1, 0.15) is 5.69 Å². The number of likely N-dealkylation sites (tertiary alicyclic amines) is 2. The third-order valence-electron chi connectivity index (χ3n) is 4.59. The zero-order valence-electron chi connectivity index (χ0n) is 15.2. The molecule has 24 heavy (non-hydrogen) atoms. The Labute approximate surface area is 145 Å². The van der Waals surface area contributed by atoms with Crippen molar-refractivity contribution in [3.05, 3.63) is 29.6 Å². The van der Waals surface area contributed by atoms with Gasteiger partial charge in [-0.05, 0) is 30.9 Å². The molecule has 2 saturated heterocycles. The maximum absolute atomic E-state index is 12.4. The first kappa shape index (κ1) is 18.9. The monoisotopic (exact) mass is 333 g/mol. The summed E-state index contributed by atoms with van der Waals surface area (Å²) in [6, 6.07) is 5.67. The lowest BCUT2D eigenvalue weighted by atomic mass is 9.95. The number of pyridine rings is 1. The van der Waals surface area contributed by atoms with Gasteiger partial charge in [0.2, 0.25) is 0 Å². The molecule has 5 nitrogen and oxygen atoms in total. The van der Waals surface area contributed by atoms with E-state index in [-0.39, 0.29) is 12.0 Å². The average molecular weight is 333 g/mol. The van der Waals surface area contributed by atoms with Gasteiger partial charge in [-0.25, -0.2) is 4.98 Å². The predicted molar refractivity (Wildman–Crippen MR) is 95.8 cm³/mol. The van der Waals surface area contributed by atoms with E-state index in [9.17, 15) is 9.90 Å². The van der Waals surface area contributed by atoms with Crippen LogP contribution in [-0.4, -0.2) is 58.1 Å². The quantitative estimate of drug-likeness (QED) is 0.900. The van der Waals surface area contributed by atoms with Crippen molar-refractivity contribution < 1.29 is 9.90 Å². The van der Waals surface area contributed by atoms with Crippen molar-refractivity contribution in [2.45, 2.75) is 52.7 Å². The second-order valence-corrected chi connectivity index (χ2v) is 6.56. The first-order valence-corrected chi connectivity index (χ1v) is 9.31. The van der Waals surface area contributed by atoms with Gasteiger partial charge < -0.3 is 10.0 Å². The number of hydrogen-bond acceptors (Lipinski definition) is 4. The van der Waals surface area contributed by atoms with E-state index in [1.165, 1.54) is 12.8 Å². The number of aromatic nitrogens is 1. The van der Waals surface area contributed by atoms with Crippen LogP contribution >= 0.6 is 0 Å². The Bertz CT molecular complexity index is 529. The van der Waals surface area contributed by atoms with Gasteiger partial charge in [-0.3, -0.25) is 9.69 Å². The Morgan fingerprint density at radius 3 is 2.67 bits per heavy atom. The Morgan fingerprint density at radius 1 is 1.29 bits per heavy atom. The number of aliphatic hydroxyl groups is 1. The summed E-state index contributed by atoms with van der Waals surface area (Å²) >= 11 is 0. The third kappa shape index (κ3) is 4.77. The Balaban J connectivity index is 0.00000100. The molecule has 2 aliphatic heterocycles. The largest absolute Gasteiger partial charge is 0.391 e. The maximum Gasteiger partial charge on any atom is 0.272 e. The minimum Gasteiger partial charge on any atom is -0.391 e. The topological polar surface area (TPSA) is 56.7 Å². The lowest BCUT2D eigenvalue weighted by molar-refractivity contribution is 0.0753. The molecule has 0 radical (unpaired) electrons. The summed E-state index contributed by atoms with van der Waals surface area (Å²) in [5, 5.41) is 9.56. The van der Waals surface area contributed by atoms with Crippen LogP contribution in [0.5, 0.6) is 0 Å². The standard InChI is InChI=1S/C17H25N3O2.C2H6/c1-2-4-13-9-19(10-13)11-14-5-3-6-16(18-14)17(22)20-8-7-15(21)12-20;1-2/h3,5-6,13,15,21H,2,4,7-12H2,1H3;1-2H3. The van der Waals surface area contributed by atoms with Gasteiger partial charge in [0.25, 0.3) is 5.91 Å². The van der Waals surface area contributed by atoms with E-state index in [0.717, 1.165) is 31.2 Å². The van der Waals surface area contributed by atoms with Crippen LogP contribution in [0.15, 0.2) is 18.2 Å². The van der Waals surface area contributed by atoms with Gasteiger partial charge >= 0.3 is 0 Å². The summed E-state index contributed by atoms with van der Waals surface area (Å²) in [7, 11) is 0. The van der Waals surface area contributed by atoms with Crippen LogP contribution in [0.2, 0.25) is 0 Å². The molecule has 0 spiro atoms. The van der Waals surface area contributed by atoms with E-state index in [0.29, 0.717) is 25.2 Å². The molecule has 3 rings (SSSR count). The molecule has 1 aromatic heterocycles.